The first kappa shape index (κ1) is 11.7. The quantitative estimate of drug-likeness (QED) is 0.585. The molecule has 1 aliphatic carbocycles. The number of benzene rings is 1. The fourth-order valence-corrected chi connectivity index (χ4v) is 3.06. The van der Waals surface area contributed by atoms with Crippen molar-refractivity contribution in [2.24, 2.45) is 10.8 Å². The molecule has 0 spiro atoms. The van der Waals surface area contributed by atoms with Crippen molar-refractivity contribution in [2.45, 2.75) is 53.4 Å². The zero-order valence-corrected chi connectivity index (χ0v) is 11.3. The molecule has 0 radical (unpaired) electrons. The summed E-state index contributed by atoms with van der Waals surface area (Å²) in [6, 6.07) is 9.02. The molecule has 1 aromatic rings. The summed E-state index contributed by atoms with van der Waals surface area (Å²) in [7, 11) is 0. The second-order valence-electron chi connectivity index (χ2n) is 7.16. The van der Waals surface area contributed by atoms with Crippen LogP contribution in [0.4, 0.5) is 0 Å². The van der Waals surface area contributed by atoms with Crippen LogP contribution < -0.4 is 0 Å². The lowest BCUT2D eigenvalue weighted by atomic mass is 9.62. The van der Waals surface area contributed by atoms with Crippen LogP contribution in [0.3, 0.4) is 0 Å². The van der Waals surface area contributed by atoms with Crippen molar-refractivity contribution in [3.8, 4) is 0 Å². The molecular formula is C16H24. The predicted octanol–water partition coefficient (Wildman–Crippen LogP) is 4.79. The Morgan fingerprint density at radius 1 is 1.12 bits per heavy atom. The molecule has 2 rings (SSSR count). The summed E-state index contributed by atoms with van der Waals surface area (Å²) in [5.41, 5.74) is 3.98. The highest BCUT2D eigenvalue weighted by molar-refractivity contribution is 5.35. The minimum Gasteiger partial charge on any atom is -0.0620 e. The Labute approximate surface area is 100 Å². The lowest BCUT2D eigenvalue weighted by molar-refractivity contribution is 0.195. The average molecular weight is 216 g/mol. The minimum absolute atomic E-state index is 0.369. The number of hydrogen-bond donors (Lipinski definition) is 0. The molecule has 1 aliphatic rings. The Bertz CT molecular complexity index is 379. The molecule has 88 valence electrons. The Hall–Kier alpha value is -0.780. The van der Waals surface area contributed by atoms with Crippen LogP contribution in [-0.2, 0) is 6.42 Å². The summed E-state index contributed by atoms with van der Waals surface area (Å²) in [6.45, 7) is 11.9. The van der Waals surface area contributed by atoms with Crippen LogP contribution in [-0.4, -0.2) is 0 Å². The highest BCUT2D eigenvalue weighted by Gasteiger charge is 2.37. The summed E-state index contributed by atoms with van der Waals surface area (Å²) < 4.78 is 0. The monoisotopic (exact) mass is 216 g/mol. The van der Waals surface area contributed by atoms with Gasteiger partial charge in [-0.3, -0.25) is 0 Å². The van der Waals surface area contributed by atoms with Crippen molar-refractivity contribution in [1.82, 2.24) is 0 Å². The maximum Gasteiger partial charge on any atom is -0.0105 e. The Morgan fingerprint density at radius 3 is 2.38 bits per heavy atom. The van der Waals surface area contributed by atoms with Crippen molar-refractivity contribution in [3.63, 3.8) is 0 Å². The third-order valence-electron chi connectivity index (χ3n) is 3.90. The predicted molar refractivity (Wildman–Crippen MR) is 70.7 cm³/mol. The van der Waals surface area contributed by atoms with E-state index in [-0.39, 0.29) is 0 Å². The van der Waals surface area contributed by atoms with Gasteiger partial charge in [0.05, 0.1) is 0 Å². The topological polar surface area (TPSA) is 0 Å². The molecule has 0 N–H and O–H groups in total. The molecule has 0 amide bonds. The lowest BCUT2D eigenvalue weighted by Gasteiger charge is -2.43. The smallest absolute Gasteiger partial charge is 0.0105 e. The van der Waals surface area contributed by atoms with Gasteiger partial charge in [-0.1, -0.05) is 58.9 Å². The molecule has 0 saturated heterocycles. The molecule has 1 unspecified atom stereocenters. The normalized spacial score (nSPS) is 23.9. The van der Waals surface area contributed by atoms with Gasteiger partial charge in [0.25, 0.3) is 0 Å². The molecule has 0 heteroatoms. The van der Waals surface area contributed by atoms with Crippen LogP contribution >= 0.6 is 0 Å². The van der Waals surface area contributed by atoms with E-state index in [0.29, 0.717) is 16.7 Å². The third kappa shape index (κ3) is 2.16. The van der Waals surface area contributed by atoms with Crippen molar-refractivity contribution in [3.05, 3.63) is 35.4 Å². The van der Waals surface area contributed by atoms with Gasteiger partial charge in [0.15, 0.2) is 0 Å². The number of fused-ring (bicyclic) bond motifs is 1. The minimum atomic E-state index is 0.369. The fourth-order valence-electron chi connectivity index (χ4n) is 3.06. The van der Waals surface area contributed by atoms with Crippen LogP contribution in [0.2, 0.25) is 0 Å². The standard InChI is InChI=1S/C16H24/c1-15(2,3)14-11-16(4,5)10-12-8-6-7-9-13(12)14/h6-9,14H,10-11H2,1-5H3. The summed E-state index contributed by atoms with van der Waals surface area (Å²) >= 11 is 0. The van der Waals surface area contributed by atoms with E-state index in [4.69, 9.17) is 0 Å². The van der Waals surface area contributed by atoms with Crippen molar-refractivity contribution in [1.29, 1.82) is 0 Å². The second-order valence-corrected chi connectivity index (χ2v) is 7.16. The maximum absolute atomic E-state index is 2.40. The number of hydrogen-bond acceptors (Lipinski definition) is 0. The van der Waals surface area contributed by atoms with Crippen molar-refractivity contribution in [2.75, 3.05) is 0 Å². The van der Waals surface area contributed by atoms with Crippen molar-refractivity contribution >= 4 is 0 Å². The number of rotatable bonds is 0. The van der Waals surface area contributed by atoms with Gasteiger partial charge in [-0.2, -0.15) is 0 Å². The molecule has 16 heavy (non-hydrogen) atoms. The van der Waals surface area contributed by atoms with E-state index in [1.54, 1.807) is 11.1 Å². The van der Waals surface area contributed by atoms with E-state index < -0.39 is 0 Å². The third-order valence-corrected chi connectivity index (χ3v) is 3.90. The van der Waals surface area contributed by atoms with Gasteiger partial charge in [-0.25, -0.2) is 0 Å². The van der Waals surface area contributed by atoms with Crippen LogP contribution in [0.5, 0.6) is 0 Å². The Morgan fingerprint density at radius 2 is 1.75 bits per heavy atom. The van der Waals surface area contributed by atoms with Crippen LogP contribution in [0.25, 0.3) is 0 Å². The first-order chi connectivity index (χ1) is 7.30. The zero-order chi connectivity index (χ0) is 12.0. The first-order valence-corrected chi connectivity index (χ1v) is 6.37. The van der Waals surface area contributed by atoms with Gasteiger partial charge < -0.3 is 0 Å². The molecular weight excluding hydrogens is 192 g/mol. The van der Waals surface area contributed by atoms with Gasteiger partial charge in [-0.05, 0) is 40.7 Å². The average Bonchev–Trinajstić information content (AvgIpc) is 2.13. The molecule has 0 heterocycles. The van der Waals surface area contributed by atoms with E-state index in [1.807, 2.05) is 0 Å². The largest absolute Gasteiger partial charge is 0.0620 e. The molecule has 0 aromatic heterocycles. The molecule has 1 aromatic carbocycles. The highest BCUT2D eigenvalue weighted by atomic mass is 14.4. The van der Waals surface area contributed by atoms with E-state index in [2.05, 4.69) is 58.9 Å². The fraction of sp³-hybridized carbons (Fsp3) is 0.625. The highest BCUT2D eigenvalue weighted by Crippen LogP contribution is 2.49. The van der Waals surface area contributed by atoms with Gasteiger partial charge in [0.1, 0.15) is 0 Å². The molecule has 1 atom stereocenters. The summed E-state index contributed by atoms with van der Waals surface area (Å²) in [5.74, 6) is 0.701. The summed E-state index contributed by atoms with van der Waals surface area (Å²) in [4.78, 5) is 0. The van der Waals surface area contributed by atoms with Gasteiger partial charge in [0.2, 0.25) is 0 Å². The van der Waals surface area contributed by atoms with Gasteiger partial charge >= 0.3 is 0 Å². The van der Waals surface area contributed by atoms with Gasteiger partial charge in [0, 0.05) is 0 Å². The van der Waals surface area contributed by atoms with Crippen molar-refractivity contribution < 1.29 is 0 Å². The molecule has 0 bridgehead atoms. The molecule has 0 saturated carbocycles. The Balaban J connectivity index is 2.48. The maximum atomic E-state index is 2.40. The summed E-state index contributed by atoms with van der Waals surface area (Å²) in [5, 5.41) is 0. The SMILES string of the molecule is CC1(C)Cc2ccccc2C(C(C)(C)C)C1. The van der Waals surface area contributed by atoms with E-state index in [0.717, 1.165) is 0 Å². The second kappa shape index (κ2) is 3.61. The lowest BCUT2D eigenvalue weighted by Crippen LogP contribution is -2.32. The summed E-state index contributed by atoms with van der Waals surface area (Å²) in [6.07, 6.45) is 2.54. The first-order valence-electron chi connectivity index (χ1n) is 6.37. The van der Waals surface area contributed by atoms with Gasteiger partial charge in [-0.15, -0.1) is 0 Å². The Kier molecular flexibility index (Phi) is 2.64. The van der Waals surface area contributed by atoms with Crippen LogP contribution in [0.1, 0.15) is 58.1 Å². The van der Waals surface area contributed by atoms with E-state index in [1.165, 1.54) is 12.8 Å². The molecule has 0 fully saturated rings. The molecule has 0 aliphatic heterocycles. The van der Waals surface area contributed by atoms with Crippen LogP contribution in [0, 0.1) is 10.8 Å². The van der Waals surface area contributed by atoms with Crippen LogP contribution in [0.15, 0.2) is 24.3 Å². The zero-order valence-electron chi connectivity index (χ0n) is 11.3. The van der Waals surface area contributed by atoms with E-state index in [9.17, 15) is 0 Å². The molecule has 0 nitrogen and oxygen atoms in total. The van der Waals surface area contributed by atoms with E-state index >= 15 is 0 Å².